The largest absolute Gasteiger partial charge is 0.293 e. The van der Waals surface area contributed by atoms with Crippen LogP contribution in [-0.2, 0) is 4.79 Å². The number of amides is 1. The highest BCUT2D eigenvalue weighted by Crippen LogP contribution is 2.34. The van der Waals surface area contributed by atoms with Gasteiger partial charge in [0.25, 0.3) is 11.6 Å². The van der Waals surface area contributed by atoms with Crippen LogP contribution in [0.5, 0.6) is 0 Å². The van der Waals surface area contributed by atoms with Gasteiger partial charge in [0.05, 0.1) is 9.83 Å². The zero-order valence-electron chi connectivity index (χ0n) is 14.4. The van der Waals surface area contributed by atoms with Gasteiger partial charge in [0.15, 0.2) is 0 Å². The van der Waals surface area contributed by atoms with Crippen molar-refractivity contribution in [2.75, 3.05) is 6.54 Å². The summed E-state index contributed by atoms with van der Waals surface area (Å²) in [5.41, 5.74) is 0.641. The molecule has 0 saturated carbocycles. The first-order valence-corrected chi connectivity index (χ1v) is 9.68. The predicted molar refractivity (Wildman–Crippen MR) is 106 cm³/mol. The molecule has 0 N–H and O–H groups in total. The van der Waals surface area contributed by atoms with Crippen LogP contribution in [0.4, 0.5) is 5.69 Å². The SMILES string of the molecule is CCCCC(CC)CN1C(=O)C(=Cc2cccc([N+](=O)[O-])c2)SC1=S. The molecule has 1 saturated heterocycles. The molecule has 1 atom stereocenters. The van der Waals surface area contributed by atoms with Gasteiger partial charge in [-0.25, -0.2) is 0 Å². The normalized spacial score (nSPS) is 17.4. The molecule has 2 rings (SSSR count). The summed E-state index contributed by atoms with van der Waals surface area (Å²) in [4.78, 5) is 25.3. The highest BCUT2D eigenvalue weighted by Gasteiger charge is 2.33. The fourth-order valence-corrected chi connectivity index (χ4v) is 3.99. The number of hydrogen-bond acceptors (Lipinski definition) is 5. The number of hydrogen-bond donors (Lipinski definition) is 0. The second-order valence-corrected chi connectivity index (χ2v) is 7.74. The van der Waals surface area contributed by atoms with E-state index >= 15 is 0 Å². The molecule has 134 valence electrons. The number of carbonyl (C=O) groups excluding carboxylic acids is 1. The summed E-state index contributed by atoms with van der Waals surface area (Å²) in [7, 11) is 0. The number of unbranched alkanes of at least 4 members (excludes halogenated alkanes) is 1. The van der Waals surface area contributed by atoms with Gasteiger partial charge < -0.3 is 0 Å². The van der Waals surface area contributed by atoms with Crippen LogP contribution in [0.3, 0.4) is 0 Å². The van der Waals surface area contributed by atoms with Crippen molar-refractivity contribution >= 4 is 46.0 Å². The first-order chi connectivity index (χ1) is 12.0. The molecule has 0 bridgehead atoms. The average Bonchev–Trinajstić information content (AvgIpc) is 2.85. The van der Waals surface area contributed by atoms with Crippen molar-refractivity contribution in [2.24, 2.45) is 5.92 Å². The van der Waals surface area contributed by atoms with Crippen LogP contribution in [0.25, 0.3) is 6.08 Å². The lowest BCUT2D eigenvalue weighted by molar-refractivity contribution is -0.384. The van der Waals surface area contributed by atoms with E-state index in [2.05, 4.69) is 13.8 Å². The minimum absolute atomic E-state index is 0.00911. The number of carbonyl (C=O) groups is 1. The van der Waals surface area contributed by atoms with Crippen molar-refractivity contribution in [1.82, 2.24) is 4.90 Å². The Bertz CT molecular complexity index is 703. The fraction of sp³-hybridized carbons (Fsp3) is 0.444. The van der Waals surface area contributed by atoms with Crippen LogP contribution < -0.4 is 0 Å². The van der Waals surface area contributed by atoms with Gasteiger partial charge in [0, 0.05) is 18.7 Å². The molecule has 0 spiro atoms. The van der Waals surface area contributed by atoms with Crippen molar-refractivity contribution in [3.63, 3.8) is 0 Å². The number of nitrogens with zero attached hydrogens (tertiary/aromatic N) is 2. The summed E-state index contributed by atoms with van der Waals surface area (Å²) in [5.74, 6) is 0.344. The van der Waals surface area contributed by atoms with E-state index in [1.165, 1.54) is 23.9 Å². The number of non-ortho nitro benzene ring substituents is 1. The van der Waals surface area contributed by atoms with Gasteiger partial charge in [0.1, 0.15) is 4.32 Å². The van der Waals surface area contributed by atoms with E-state index < -0.39 is 4.92 Å². The van der Waals surface area contributed by atoms with E-state index in [4.69, 9.17) is 12.2 Å². The summed E-state index contributed by atoms with van der Waals surface area (Å²) in [6, 6.07) is 6.25. The highest BCUT2D eigenvalue weighted by molar-refractivity contribution is 8.26. The van der Waals surface area contributed by atoms with E-state index in [0.29, 0.717) is 27.3 Å². The zero-order chi connectivity index (χ0) is 18.4. The van der Waals surface area contributed by atoms with Crippen molar-refractivity contribution in [3.8, 4) is 0 Å². The number of nitro groups is 1. The van der Waals surface area contributed by atoms with Gasteiger partial charge in [-0.05, 0) is 24.0 Å². The molecular weight excluding hydrogens is 356 g/mol. The minimum Gasteiger partial charge on any atom is -0.293 e. The molecule has 1 amide bonds. The third kappa shape index (κ3) is 5.12. The minimum atomic E-state index is -0.442. The summed E-state index contributed by atoms with van der Waals surface area (Å²) in [6.45, 7) is 4.94. The van der Waals surface area contributed by atoms with E-state index in [-0.39, 0.29) is 11.6 Å². The second kappa shape index (κ2) is 9.10. The van der Waals surface area contributed by atoms with E-state index in [0.717, 1.165) is 25.7 Å². The molecule has 1 heterocycles. The summed E-state index contributed by atoms with van der Waals surface area (Å²) in [6.07, 6.45) is 6.08. The van der Waals surface area contributed by atoms with Crippen LogP contribution in [-0.4, -0.2) is 26.6 Å². The van der Waals surface area contributed by atoms with Gasteiger partial charge in [-0.2, -0.15) is 0 Å². The van der Waals surface area contributed by atoms with Gasteiger partial charge in [0.2, 0.25) is 0 Å². The standard InChI is InChI=1S/C18H22N2O3S2/c1-3-5-7-13(4-2)12-19-17(21)16(25-18(19)24)11-14-8-6-9-15(10-14)20(22)23/h6,8-11,13H,3-5,7,12H2,1-2H3. The lowest BCUT2D eigenvalue weighted by Gasteiger charge is -2.21. The van der Waals surface area contributed by atoms with Crippen molar-refractivity contribution in [2.45, 2.75) is 39.5 Å². The molecule has 1 fully saturated rings. The van der Waals surface area contributed by atoms with Crippen LogP contribution in [0.2, 0.25) is 0 Å². The lowest BCUT2D eigenvalue weighted by atomic mass is 9.99. The molecule has 1 aliphatic heterocycles. The van der Waals surface area contributed by atoms with Gasteiger partial charge in [-0.1, -0.05) is 69.2 Å². The topological polar surface area (TPSA) is 63.5 Å². The van der Waals surface area contributed by atoms with Crippen LogP contribution in [0.15, 0.2) is 29.2 Å². The molecule has 1 aromatic carbocycles. The average molecular weight is 379 g/mol. The molecule has 0 radical (unpaired) electrons. The van der Waals surface area contributed by atoms with Crippen LogP contribution >= 0.6 is 24.0 Å². The third-order valence-electron chi connectivity index (χ3n) is 4.24. The zero-order valence-corrected chi connectivity index (χ0v) is 16.1. The molecule has 0 aromatic heterocycles. The van der Waals surface area contributed by atoms with Gasteiger partial charge >= 0.3 is 0 Å². The Kier molecular flexibility index (Phi) is 7.13. The molecule has 5 nitrogen and oxygen atoms in total. The van der Waals surface area contributed by atoms with Crippen molar-refractivity contribution < 1.29 is 9.72 Å². The predicted octanol–water partition coefficient (Wildman–Crippen LogP) is 5.01. The summed E-state index contributed by atoms with van der Waals surface area (Å²) >= 11 is 6.64. The first kappa shape index (κ1) is 19.6. The maximum atomic E-state index is 12.7. The number of rotatable bonds is 8. The maximum absolute atomic E-state index is 12.7. The van der Waals surface area contributed by atoms with E-state index in [1.54, 1.807) is 23.1 Å². The van der Waals surface area contributed by atoms with Gasteiger partial charge in [-0.3, -0.25) is 19.8 Å². The molecule has 7 heteroatoms. The highest BCUT2D eigenvalue weighted by atomic mass is 32.2. The fourth-order valence-electron chi connectivity index (χ4n) is 2.71. The molecule has 0 aliphatic carbocycles. The second-order valence-electron chi connectivity index (χ2n) is 6.06. The Balaban J connectivity index is 2.14. The van der Waals surface area contributed by atoms with Crippen molar-refractivity contribution in [3.05, 3.63) is 44.8 Å². The molecule has 25 heavy (non-hydrogen) atoms. The Hall–Kier alpha value is -1.73. The molecule has 1 aromatic rings. The molecule has 1 unspecified atom stereocenters. The van der Waals surface area contributed by atoms with E-state index in [9.17, 15) is 14.9 Å². The number of benzene rings is 1. The number of thioether (sulfide) groups is 1. The van der Waals surface area contributed by atoms with Crippen LogP contribution in [0.1, 0.15) is 45.1 Å². The molecular formula is C18H22N2O3S2. The maximum Gasteiger partial charge on any atom is 0.270 e. The first-order valence-electron chi connectivity index (χ1n) is 8.46. The number of thiocarbonyl (C=S) groups is 1. The van der Waals surface area contributed by atoms with E-state index in [1.807, 2.05) is 0 Å². The Morgan fingerprint density at radius 2 is 2.16 bits per heavy atom. The summed E-state index contributed by atoms with van der Waals surface area (Å²) in [5, 5.41) is 10.9. The van der Waals surface area contributed by atoms with Gasteiger partial charge in [-0.15, -0.1) is 0 Å². The number of nitro benzene ring substituents is 1. The van der Waals surface area contributed by atoms with Crippen LogP contribution in [0, 0.1) is 16.0 Å². The monoisotopic (exact) mass is 378 g/mol. The Morgan fingerprint density at radius 3 is 2.80 bits per heavy atom. The summed E-state index contributed by atoms with van der Waals surface area (Å²) < 4.78 is 0.566. The van der Waals surface area contributed by atoms with Crippen molar-refractivity contribution in [1.29, 1.82) is 0 Å². The quantitative estimate of drug-likeness (QED) is 0.275. The smallest absolute Gasteiger partial charge is 0.270 e. The Morgan fingerprint density at radius 1 is 1.40 bits per heavy atom. The Labute approximate surface area is 157 Å². The lowest BCUT2D eigenvalue weighted by Crippen LogP contribution is -2.33. The molecule has 1 aliphatic rings. The third-order valence-corrected chi connectivity index (χ3v) is 5.61.